The average molecular weight is 271 g/mol. The monoisotopic (exact) mass is 271 g/mol. The van der Waals surface area contributed by atoms with Gasteiger partial charge >= 0.3 is 6.18 Å². The number of rotatable bonds is 2. The summed E-state index contributed by atoms with van der Waals surface area (Å²) < 4.78 is 40.3. The molecule has 2 unspecified atom stereocenters. The Morgan fingerprint density at radius 2 is 2.32 bits per heavy atom. The molecule has 1 fully saturated rings. The Balaban J connectivity index is 2.49. The third kappa shape index (κ3) is 2.28. The Bertz CT molecular complexity index is 441. The molecule has 6 heteroatoms. The second-order valence-electron chi connectivity index (χ2n) is 4.79. The molecule has 0 aromatic rings. The van der Waals surface area contributed by atoms with Crippen molar-refractivity contribution >= 4 is 0 Å². The largest absolute Gasteiger partial charge is 0.398 e. The van der Waals surface area contributed by atoms with Crippen LogP contribution in [0.3, 0.4) is 0 Å². The molecule has 0 saturated carbocycles. The van der Waals surface area contributed by atoms with Gasteiger partial charge in [0.2, 0.25) is 0 Å². The molecule has 0 aromatic heterocycles. The third-order valence-electron chi connectivity index (χ3n) is 3.77. The molecule has 0 radical (unpaired) electrons. The minimum Gasteiger partial charge on any atom is -0.303 e. The molecule has 2 aliphatic rings. The lowest BCUT2D eigenvalue weighted by atomic mass is 9.74. The van der Waals surface area contributed by atoms with E-state index in [1.54, 1.807) is 17.9 Å². The van der Waals surface area contributed by atoms with Crippen molar-refractivity contribution in [1.82, 2.24) is 10.2 Å². The van der Waals surface area contributed by atoms with Gasteiger partial charge in [0, 0.05) is 19.8 Å². The second-order valence-corrected chi connectivity index (χ2v) is 4.79. The molecule has 0 aromatic carbocycles. The highest BCUT2D eigenvalue weighted by molar-refractivity contribution is 5.39. The fourth-order valence-corrected chi connectivity index (χ4v) is 2.86. The molecule has 1 saturated heterocycles. The Kier molecular flexibility index (Phi) is 3.70. The van der Waals surface area contributed by atoms with E-state index in [1.807, 2.05) is 6.07 Å². The van der Waals surface area contributed by atoms with Crippen molar-refractivity contribution < 1.29 is 13.2 Å². The highest BCUT2D eigenvalue weighted by atomic mass is 19.4. The highest BCUT2D eigenvalue weighted by Crippen LogP contribution is 2.46. The fraction of sp³-hybridized carbons (Fsp3) is 0.615. The van der Waals surface area contributed by atoms with Crippen LogP contribution in [0.1, 0.15) is 13.3 Å². The Hall–Kier alpha value is -1.32. The first-order valence-electron chi connectivity index (χ1n) is 6.27. The van der Waals surface area contributed by atoms with Crippen LogP contribution in [0.25, 0.3) is 0 Å². The van der Waals surface area contributed by atoms with Crippen molar-refractivity contribution in [3.63, 3.8) is 0 Å². The van der Waals surface area contributed by atoms with E-state index in [-0.39, 0.29) is 5.57 Å². The Labute approximate surface area is 110 Å². The van der Waals surface area contributed by atoms with Crippen LogP contribution in [0, 0.1) is 17.2 Å². The van der Waals surface area contributed by atoms with E-state index in [4.69, 9.17) is 0 Å². The summed E-state index contributed by atoms with van der Waals surface area (Å²) in [7, 11) is 0. The topological polar surface area (TPSA) is 39.1 Å². The first kappa shape index (κ1) is 14.1. The van der Waals surface area contributed by atoms with Gasteiger partial charge in [0.05, 0.1) is 6.07 Å². The molecule has 1 heterocycles. The molecule has 19 heavy (non-hydrogen) atoms. The molecule has 0 spiro atoms. The number of halogens is 3. The van der Waals surface area contributed by atoms with Gasteiger partial charge in [0.1, 0.15) is 11.5 Å². The quantitative estimate of drug-likeness (QED) is 0.837. The number of alkyl halides is 3. The normalized spacial score (nSPS) is 32.2. The fourth-order valence-electron chi connectivity index (χ4n) is 2.86. The van der Waals surface area contributed by atoms with Crippen LogP contribution in [0.4, 0.5) is 13.2 Å². The lowest BCUT2D eigenvalue weighted by Gasteiger charge is -2.42. The molecule has 2 atom stereocenters. The summed E-state index contributed by atoms with van der Waals surface area (Å²) >= 11 is 0. The average Bonchev–Trinajstić information content (AvgIpc) is 2.90. The van der Waals surface area contributed by atoms with Crippen LogP contribution < -0.4 is 5.32 Å². The predicted molar refractivity (Wildman–Crippen MR) is 65.0 cm³/mol. The van der Waals surface area contributed by atoms with Crippen LogP contribution in [0.2, 0.25) is 0 Å². The molecule has 1 aliphatic carbocycles. The van der Waals surface area contributed by atoms with Crippen LogP contribution in [0.5, 0.6) is 0 Å². The van der Waals surface area contributed by atoms with Crippen LogP contribution >= 0.6 is 0 Å². The first-order chi connectivity index (χ1) is 8.95. The summed E-state index contributed by atoms with van der Waals surface area (Å²) in [6.07, 6.45) is 0.307. The number of nitriles is 1. The van der Waals surface area contributed by atoms with E-state index < -0.39 is 17.6 Å². The van der Waals surface area contributed by atoms with Crippen molar-refractivity contribution in [3.05, 3.63) is 23.8 Å². The molecule has 2 rings (SSSR count). The maximum absolute atomic E-state index is 13.4. The van der Waals surface area contributed by atoms with Gasteiger partial charge in [0.15, 0.2) is 0 Å². The van der Waals surface area contributed by atoms with Crippen LogP contribution in [-0.2, 0) is 0 Å². The van der Waals surface area contributed by atoms with Crippen molar-refractivity contribution in [3.8, 4) is 6.07 Å². The molecular formula is C13H16F3N3. The van der Waals surface area contributed by atoms with Gasteiger partial charge in [-0.15, -0.1) is 0 Å². The molecule has 3 nitrogen and oxygen atoms in total. The van der Waals surface area contributed by atoms with Gasteiger partial charge < -0.3 is 5.32 Å². The molecule has 0 bridgehead atoms. The molecule has 1 aliphatic heterocycles. The lowest BCUT2D eigenvalue weighted by Crippen LogP contribution is -2.57. The number of allylic oxidation sites excluding steroid dienone is 2. The van der Waals surface area contributed by atoms with Gasteiger partial charge in [0.25, 0.3) is 0 Å². The summed E-state index contributed by atoms with van der Waals surface area (Å²) in [6.45, 7) is 3.05. The van der Waals surface area contributed by atoms with Crippen LogP contribution in [-0.4, -0.2) is 36.4 Å². The SMILES string of the molecule is CCC1=CC=CC(C#N)(N2CCNC2)C1C(F)(F)F. The minimum absolute atomic E-state index is 0.267. The summed E-state index contributed by atoms with van der Waals surface area (Å²) in [6, 6.07) is 1.92. The summed E-state index contributed by atoms with van der Waals surface area (Å²) in [4.78, 5) is 1.57. The zero-order chi connectivity index (χ0) is 14.1. The smallest absolute Gasteiger partial charge is 0.303 e. The van der Waals surface area contributed by atoms with Gasteiger partial charge in [-0.25, -0.2) is 0 Å². The highest BCUT2D eigenvalue weighted by Gasteiger charge is 2.58. The molecule has 104 valence electrons. The van der Waals surface area contributed by atoms with Gasteiger partial charge in [-0.3, -0.25) is 4.90 Å². The summed E-state index contributed by atoms with van der Waals surface area (Å²) in [5.74, 6) is -1.75. The zero-order valence-corrected chi connectivity index (χ0v) is 10.7. The van der Waals surface area contributed by atoms with Gasteiger partial charge in [-0.1, -0.05) is 24.6 Å². The van der Waals surface area contributed by atoms with Crippen molar-refractivity contribution in [2.45, 2.75) is 25.1 Å². The van der Waals surface area contributed by atoms with Crippen molar-refractivity contribution in [2.24, 2.45) is 5.92 Å². The van der Waals surface area contributed by atoms with E-state index in [0.29, 0.717) is 26.2 Å². The molecular weight excluding hydrogens is 255 g/mol. The number of nitrogens with zero attached hydrogens (tertiary/aromatic N) is 2. The van der Waals surface area contributed by atoms with Crippen molar-refractivity contribution in [1.29, 1.82) is 5.26 Å². The van der Waals surface area contributed by atoms with E-state index in [0.717, 1.165) is 0 Å². The number of hydrogen-bond donors (Lipinski definition) is 1. The summed E-state index contributed by atoms with van der Waals surface area (Å²) in [5, 5.41) is 12.4. The first-order valence-corrected chi connectivity index (χ1v) is 6.27. The maximum atomic E-state index is 13.4. The van der Waals surface area contributed by atoms with Crippen LogP contribution in [0.15, 0.2) is 23.8 Å². The predicted octanol–water partition coefficient (Wildman–Crippen LogP) is 2.20. The van der Waals surface area contributed by atoms with E-state index in [2.05, 4.69) is 5.32 Å². The van der Waals surface area contributed by atoms with E-state index in [1.165, 1.54) is 12.2 Å². The van der Waals surface area contributed by atoms with Crippen molar-refractivity contribution in [2.75, 3.05) is 19.8 Å². The summed E-state index contributed by atoms with van der Waals surface area (Å²) in [5.41, 5.74) is -1.36. The lowest BCUT2D eigenvalue weighted by molar-refractivity contribution is -0.185. The third-order valence-corrected chi connectivity index (χ3v) is 3.77. The maximum Gasteiger partial charge on any atom is 0.398 e. The second kappa shape index (κ2) is 4.99. The standard InChI is InChI=1S/C13H16F3N3/c1-2-10-4-3-5-12(8-17,11(10)13(14,15)16)19-7-6-18-9-19/h3-5,11,18H,2,6-7,9H2,1H3. The van der Waals surface area contributed by atoms with E-state index in [9.17, 15) is 18.4 Å². The number of nitrogens with one attached hydrogen (secondary N) is 1. The Morgan fingerprint density at radius 3 is 2.79 bits per heavy atom. The number of hydrogen-bond acceptors (Lipinski definition) is 3. The molecule has 1 N–H and O–H groups in total. The minimum atomic E-state index is -4.43. The molecule has 0 amide bonds. The Morgan fingerprint density at radius 1 is 1.58 bits per heavy atom. The van der Waals surface area contributed by atoms with Gasteiger partial charge in [-0.05, 0) is 12.5 Å². The van der Waals surface area contributed by atoms with E-state index >= 15 is 0 Å². The van der Waals surface area contributed by atoms with Gasteiger partial charge in [-0.2, -0.15) is 18.4 Å². The zero-order valence-electron chi connectivity index (χ0n) is 10.7.